The number of aliphatic hydroxyl groups is 1. The topological polar surface area (TPSA) is 99.9 Å². The molecule has 0 aromatic carbocycles. The Bertz CT molecular complexity index is 1010. The fourth-order valence-corrected chi connectivity index (χ4v) is 6.12. The predicted octanol–water partition coefficient (Wildman–Crippen LogP) is 3.27. The van der Waals surface area contributed by atoms with E-state index in [9.17, 15) is 5.11 Å². The van der Waals surface area contributed by atoms with E-state index in [1.54, 1.807) is 6.20 Å². The number of H-pyrrole nitrogens is 1. The second-order valence-electron chi connectivity index (χ2n) is 8.80. The van der Waals surface area contributed by atoms with Crippen LogP contribution in [0, 0.1) is 24.7 Å². The number of aryl methyl sites for hydroxylation is 1. The lowest BCUT2D eigenvalue weighted by molar-refractivity contribution is -0.129. The van der Waals surface area contributed by atoms with E-state index >= 15 is 0 Å². The van der Waals surface area contributed by atoms with Gasteiger partial charge >= 0.3 is 0 Å². The highest BCUT2D eigenvalue weighted by atomic mass is 16.5. The third-order valence-electron chi connectivity index (χ3n) is 6.90. The van der Waals surface area contributed by atoms with E-state index in [1.165, 1.54) is 12.8 Å². The van der Waals surface area contributed by atoms with Gasteiger partial charge in [0.2, 0.25) is 0 Å². The first kappa shape index (κ1) is 15.6. The van der Waals surface area contributed by atoms with Gasteiger partial charge in [0.1, 0.15) is 5.65 Å². The van der Waals surface area contributed by atoms with E-state index < -0.39 is 5.60 Å². The maximum atomic E-state index is 10.9. The third kappa shape index (κ3) is 2.34. The van der Waals surface area contributed by atoms with Crippen molar-refractivity contribution in [2.45, 2.75) is 50.7 Å². The monoisotopic (exact) mass is 365 g/mol. The van der Waals surface area contributed by atoms with Crippen LogP contribution in [0.25, 0.3) is 22.5 Å². The maximum absolute atomic E-state index is 10.9. The number of nitrogens with one attached hydrogen (secondary N) is 2. The summed E-state index contributed by atoms with van der Waals surface area (Å²) in [5.74, 6) is 2.82. The number of hydrogen-bond acceptors (Lipinski definition) is 6. The number of aromatic nitrogens is 4. The lowest BCUT2D eigenvalue weighted by Crippen LogP contribution is -2.59. The minimum atomic E-state index is -0.428. The van der Waals surface area contributed by atoms with Gasteiger partial charge in [0.05, 0.1) is 16.9 Å². The minimum absolute atomic E-state index is 0.366. The molecule has 5 atom stereocenters. The molecule has 7 heteroatoms. The zero-order valence-corrected chi connectivity index (χ0v) is 15.3. The van der Waals surface area contributed by atoms with Gasteiger partial charge in [0.15, 0.2) is 5.82 Å². The van der Waals surface area contributed by atoms with Crippen molar-refractivity contribution in [1.82, 2.24) is 20.1 Å². The van der Waals surface area contributed by atoms with Gasteiger partial charge in [-0.1, -0.05) is 5.16 Å². The summed E-state index contributed by atoms with van der Waals surface area (Å²) < 4.78 is 5.45. The van der Waals surface area contributed by atoms with Crippen LogP contribution in [0.1, 0.15) is 37.9 Å². The van der Waals surface area contributed by atoms with Crippen LogP contribution < -0.4 is 5.32 Å². The molecule has 0 aliphatic heterocycles. The lowest BCUT2D eigenvalue weighted by Gasteiger charge is -2.58. The Morgan fingerprint density at radius 2 is 2.07 bits per heavy atom. The summed E-state index contributed by atoms with van der Waals surface area (Å²) in [6, 6.07) is 2.41. The number of aromatic amines is 1. The molecule has 4 saturated carbocycles. The highest BCUT2D eigenvalue weighted by Crippen LogP contribution is 2.56. The van der Waals surface area contributed by atoms with E-state index in [1.807, 2.05) is 19.2 Å². The van der Waals surface area contributed by atoms with Crippen molar-refractivity contribution in [3.05, 3.63) is 24.3 Å². The molecule has 4 aliphatic carbocycles. The average Bonchev–Trinajstić information content (AvgIpc) is 3.25. The second kappa shape index (κ2) is 5.32. The average molecular weight is 365 g/mol. The molecule has 4 fully saturated rings. The Labute approximate surface area is 156 Å². The van der Waals surface area contributed by atoms with E-state index in [-0.39, 0.29) is 0 Å². The summed E-state index contributed by atoms with van der Waals surface area (Å²) in [6.07, 6.45) is 8.96. The Balaban J connectivity index is 1.43. The molecule has 1 unspecified atom stereocenters. The van der Waals surface area contributed by atoms with Crippen LogP contribution in [-0.2, 0) is 0 Å². The molecule has 4 bridgehead atoms. The molecule has 0 radical (unpaired) electrons. The molecule has 7 nitrogen and oxygen atoms in total. The van der Waals surface area contributed by atoms with Crippen LogP contribution in [0.4, 0.5) is 5.69 Å². The maximum Gasteiger partial charge on any atom is 0.261 e. The Kier molecular flexibility index (Phi) is 3.08. The molecular formula is C20H23N5O2. The van der Waals surface area contributed by atoms with Crippen molar-refractivity contribution in [2.24, 2.45) is 17.8 Å². The smallest absolute Gasteiger partial charge is 0.261 e. The Morgan fingerprint density at radius 3 is 2.78 bits per heavy atom. The van der Waals surface area contributed by atoms with Gasteiger partial charge in [-0.3, -0.25) is 0 Å². The highest BCUT2D eigenvalue weighted by molar-refractivity contribution is 5.97. The lowest BCUT2D eigenvalue weighted by atomic mass is 9.52. The van der Waals surface area contributed by atoms with Gasteiger partial charge in [-0.15, -0.1) is 0 Å². The van der Waals surface area contributed by atoms with E-state index in [2.05, 4.69) is 25.4 Å². The van der Waals surface area contributed by atoms with Crippen LogP contribution in [0.15, 0.2) is 23.0 Å². The first-order valence-electron chi connectivity index (χ1n) is 9.84. The third-order valence-corrected chi connectivity index (χ3v) is 6.90. The SMILES string of the molecule is Cc1noc(-c2cnc3[nH]ccc3c2N[C@H]2[C@@H]3CC4C[C@H]2C[C@](O)(C4)C3)n1. The molecule has 3 aromatic heterocycles. The Morgan fingerprint density at radius 1 is 1.26 bits per heavy atom. The van der Waals surface area contributed by atoms with Crippen LogP contribution in [0.2, 0.25) is 0 Å². The summed E-state index contributed by atoms with van der Waals surface area (Å²) in [4.78, 5) is 12.1. The van der Waals surface area contributed by atoms with E-state index in [0.717, 1.165) is 41.5 Å². The molecule has 140 valence electrons. The number of anilines is 1. The van der Waals surface area contributed by atoms with Gasteiger partial charge < -0.3 is 19.9 Å². The minimum Gasteiger partial charge on any atom is -0.390 e. The first-order valence-corrected chi connectivity index (χ1v) is 9.84. The number of nitrogens with zero attached hydrogens (tertiary/aromatic N) is 3. The molecule has 3 N–H and O–H groups in total. The zero-order chi connectivity index (χ0) is 18.2. The number of fused-ring (bicyclic) bond motifs is 1. The fourth-order valence-electron chi connectivity index (χ4n) is 6.12. The van der Waals surface area contributed by atoms with E-state index in [4.69, 9.17) is 4.52 Å². The van der Waals surface area contributed by atoms with Crippen molar-refractivity contribution in [3.63, 3.8) is 0 Å². The summed E-state index contributed by atoms with van der Waals surface area (Å²) in [5, 5.41) is 19.7. The van der Waals surface area contributed by atoms with Crippen LogP contribution >= 0.6 is 0 Å². The Hall–Kier alpha value is -2.41. The van der Waals surface area contributed by atoms with Gasteiger partial charge in [0.25, 0.3) is 5.89 Å². The molecule has 3 heterocycles. The van der Waals surface area contributed by atoms with Crippen molar-refractivity contribution in [1.29, 1.82) is 0 Å². The van der Waals surface area contributed by atoms with Crippen molar-refractivity contribution in [3.8, 4) is 11.5 Å². The van der Waals surface area contributed by atoms with Crippen molar-refractivity contribution >= 4 is 16.7 Å². The summed E-state index contributed by atoms with van der Waals surface area (Å²) in [7, 11) is 0. The molecular weight excluding hydrogens is 342 g/mol. The van der Waals surface area contributed by atoms with Crippen LogP contribution in [-0.4, -0.2) is 36.9 Å². The van der Waals surface area contributed by atoms with E-state index in [0.29, 0.717) is 35.5 Å². The molecule has 0 amide bonds. The van der Waals surface area contributed by atoms with Gasteiger partial charge in [0, 0.05) is 23.8 Å². The molecule has 4 aliphatic rings. The first-order chi connectivity index (χ1) is 13.1. The number of rotatable bonds is 3. The molecule has 7 rings (SSSR count). The van der Waals surface area contributed by atoms with Gasteiger partial charge in [-0.2, -0.15) is 4.98 Å². The highest BCUT2D eigenvalue weighted by Gasteiger charge is 2.54. The fraction of sp³-hybridized carbons (Fsp3) is 0.550. The summed E-state index contributed by atoms with van der Waals surface area (Å²) in [5.41, 5.74) is 2.27. The number of hydrogen-bond donors (Lipinski definition) is 3. The standard InChI is InChI=1S/C20H23N5O2/c1-10-23-19(27-25-10)15-9-22-18-14(2-3-21-18)17(15)24-16-12-4-11-5-13(16)8-20(26,6-11)7-12/h2-3,9,11-13,16,26H,4-8H2,1H3,(H2,21,22,24)/t11?,12-,13+,16+,20+. The van der Waals surface area contributed by atoms with Crippen LogP contribution in [0.5, 0.6) is 0 Å². The van der Waals surface area contributed by atoms with Crippen LogP contribution in [0.3, 0.4) is 0 Å². The zero-order valence-electron chi connectivity index (χ0n) is 15.3. The molecule has 0 spiro atoms. The van der Waals surface area contributed by atoms with Crippen molar-refractivity contribution in [2.75, 3.05) is 5.32 Å². The predicted molar refractivity (Wildman–Crippen MR) is 100 cm³/mol. The summed E-state index contributed by atoms with van der Waals surface area (Å²) in [6.45, 7) is 1.82. The number of pyridine rings is 1. The van der Waals surface area contributed by atoms with Gasteiger partial charge in [-0.05, 0) is 62.8 Å². The largest absolute Gasteiger partial charge is 0.390 e. The normalized spacial score (nSPS) is 34.4. The summed E-state index contributed by atoms with van der Waals surface area (Å²) >= 11 is 0. The molecule has 0 saturated heterocycles. The second-order valence-corrected chi connectivity index (χ2v) is 8.80. The van der Waals surface area contributed by atoms with Crippen molar-refractivity contribution < 1.29 is 9.63 Å². The molecule has 3 aromatic rings. The molecule has 27 heavy (non-hydrogen) atoms. The quantitative estimate of drug-likeness (QED) is 0.659. The van der Waals surface area contributed by atoms with Gasteiger partial charge in [-0.25, -0.2) is 4.98 Å².